The summed E-state index contributed by atoms with van der Waals surface area (Å²) >= 11 is 6.00. The van der Waals surface area contributed by atoms with E-state index in [9.17, 15) is 9.90 Å². The van der Waals surface area contributed by atoms with Crippen LogP contribution in [0.1, 0.15) is 37.1 Å². The summed E-state index contributed by atoms with van der Waals surface area (Å²) in [6.07, 6.45) is 4.69. The lowest BCUT2D eigenvalue weighted by Crippen LogP contribution is -2.32. The average molecular weight is 436 g/mol. The van der Waals surface area contributed by atoms with E-state index >= 15 is 0 Å². The number of fused-ring (bicyclic) bond motifs is 2. The molecule has 5 rings (SSSR count). The first-order valence-electron chi connectivity index (χ1n) is 9.80. The molecule has 31 heavy (non-hydrogen) atoms. The quantitative estimate of drug-likeness (QED) is 0.505. The molecule has 2 N–H and O–H groups in total. The second-order valence-corrected chi connectivity index (χ2v) is 7.97. The Bertz CT molecular complexity index is 1340. The highest BCUT2D eigenvalue weighted by atomic mass is 35.5. The highest BCUT2D eigenvalue weighted by molar-refractivity contribution is 6.30. The van der Waals surface area contributed by atoms with Gasteiger partial charge in [0.15, 0.2) is 11.5 Å². The molecule has 1 aliphatic rings. The van der Waals surface area contributed by atoms with Crippen molar-refractivity contribution in [3.8, 4) is 17.4 Å². The van der Waals surface area contributed by atoms with E-state index in [1.54, 1.807) is 41.9 Å². The molecule has 0 fully saturated rings. The van der Waals surface area contributed by atoms with Crippen LogP contribution in [0.5, 0.6) is 5.88 Å². The number of hydrogen-bond acceptors (Lipinski definition) is 7. The van der Waals surface area contributed by atoms with Crippen molar-refractivity contribution in [2.45, 2.75) is 32.1 Å². The molecule has 156 valence electrons. The molecule has 4 aromatic rings. The summed E-state index contributed by atoms with van der Waals surface area (Å²) < 4.78 is 1.61. The van der Waals surface area contributed by atoms with Crippen molar-refractivity contribution in [2.24, 2.45) is 0 Å². The van der Waals surface area contributed by atoms with Gasteiger partial charge in [0, 0.05) is 5.02 Å². The summed E-state index contributed by atoms with van der Waals surface area (Å²) in [7, 11) is 0. The van der Waals surface area contributed by atoms with Gasteiger partial charge in [0.1, 0.15) is 23.3 Å². The minimum Gasteiger partial charge on any atom is -0.493 e. The number of aryl methyl sites for hydroxylation is 1. The molecule has 1 atom stereocenters. The van der Waals surface area contributed by atoms with Gasteiger partial charge in [-0.25, -0.2) is 19.5 Å². The highest BCUT2D eigenvalue weighted by Crippen LogP contribution is 2.46. The molecular formula is C21H18ClN7O2. The third kappa shape index (κ3) is 2.92. The van der Waals surface area contributed by atoms with Crippen LogP contribution in [-0.2, 0) is 16.6 Å². The van der Waals surface area contributed by atoms with E-state index < -0.39 is 5.41 Å². The molecule has 0 aliphatic carbocycles. The maximum absolute atomic E-state index is 13.0. The minimum atomic E-state index is -1.15. The second kappa shape index (κ2) is 6.98. The Morgan fingerprint density at radius 2 is 1.97 bits per heavy atom. The van der Waals surface area contributed by atoms with Crippen LogP contribution in [0.4, 0.5) is 5.82 Å². The van der Waals surface area contributed by atoms with Crippen molar-refractivity contribution in [2.75, 3.05) is 5.32 Å². The van der Waals surface area contributed by atoms with Crippen LogP contribution < -0.4 is 5.32 Å². The van der Waals surface area contributed by atoms with Crippen molar-refractivity contribution in [1.29, 1.82) is 0 Å². The molecule has 0 spiro atoms. The van der Waals surface area contributed by atoms with Gasteiger partial charge in [0.05, 0.1) is 17.5 Å². The Labute approximate surface area is 182 Å². The summed E-state index contributed by atoms with van der Waals surface area (Å²) in [5.74, 6) is -0.152. The number of nitrogens with one attached hydrogen (secondary N) is 1. The lowest BCUT2D eigenvalue weighted by Gasteiger charge is -2.22. The molecule has 1 aromatic carbocycles. The minimum absolute atomic E-state index is 0.187. The van der Waals surface area contributed by atoms with Crippen molar-refractivity contribution in [3.63, 3.8) is 0 Å². The van der Waals surface area contributed by atoms with Gasteiger partial charge in [-0.1, -0.05) is 37.1 Å². The smallest absolute Gasteiger partial charge is 0.240 e. The van der Waals surface area contributed by atoms with Crippen LogP contribution in [0, 0.1) is 0 Å². The Balaban J connectivity index is 1.66. The number of anilines is 1. The van der Waals surface area contributed by atoms with E-state index in [0.29, 0.717) is 33.9 Å². The van der Waals surface area contributed by atoms with Gasteiger partial charge in [-0.05, 0) is 31.0 Å². The topological polar surface area (TPSA) is 118 Å². The van der Waals surface area contributed by atoms with Gasteiger partial charge >= 0.3 is 0 Å². The molecule has 0 bridgehead atoms. The fraction of sp³-hybridized carbons (Fsp3) is 0.238. The summed E-state index contributed by atoms with van der Waals surface area (Å²) in [6.45, 7) is 3.77. The Morgan fingerprint density at radius 3 is 2.71 bits per heavy atom. The van der Waals surface area contributed by atoms with Crippen LogP contribution in [-0.4, -0.2) is 40.6 Å². The molecule has 1 amide bonds. The molecule has 4 heterocycles. The van der Waals surface area contributed by atoms with Crippen molar-refractivity contribution in [3.05, 3.63) is 58.6 Å². The number of rotatable bonds is 4. The molecule has 3 aromatic heterocycles. The zero-order chi connectivity index (χ0) is 21.8. The monoisotopic (exact) mass is 435 g/mol. The molecule has 0 radical (unpaired) electrons. The van der Waals surface area contributed by atoms with E-state index in [1.165, 1.54) is 6.33 Å². The Kier molecular flexibility index (Phi) is 4.37. The standard InChI is InChI=1S/C21H18ClN7O2/c1-3-4-13-18-23-10-24-29(18)9-14(25-13)16-26-17-15(19(30)27-16)21(2,20(31)28-17)11-5-7-12(22)8-6-11/h5-10H,3-4H2,1-2H3,(H2,26,27,28,30,31). The largest absolute Gasteiger partial charge is 0.493 e. The van der Waals surface area contributed by atoms with Crippen molar-refractivity contribution < 1.29 is 9.90 Å². The van der Waals surface area contributed by atoms with Crippen LogP contribution in [0.3, 0.4) is 0 Å². The molecule has 10 heteroatoms. The third-order valence-corrected chi connectivity index (χ3v) is 5.80. The first kappa shape index (κ1) is 19.4. The average Bonchev–Trinajstić information content (AvgIpc) is 3.32. The van der Waals surface area contributed by atoms with E-state index in [-0.39, 0.29) is 23.4 Å². The molecule has 0 saturated heterocycles. The first-order valence-corrected chi connectivity index (χ1v) is 10.2. The number of halogens is 1. The van der Waals surface area contributed by atoms with Crippen LogP contribution in [0.25, 0.3) is 17.2 Å². The zero-order valence-corrected chi connectivity index (χ0v) is 17.6. The molecule has 0 saturated carbocycles. The van der Waals surface area contributed by atoms with Gasteiger partial charge < -0.3 is 10.4 Å². The highest BCUT2D eigenvalue weighted by Gasteiger charge is 2.48. The normalized spacial score (nSPS) is 17.7. The first-order chi connectivity index (χ1) is 14.9. The molecule has 1 aliphatic heterocycles. The van der Waals surface area contributed by atoms with Gasteiger partial charge in [0.2, 0.25) is 11.8 Å². The lowest BCUT2D eigenvalue weighted by molar-refractivity contribution is -0.119. The number of nitrogens with zero attached hydrogens (tertiary/aromatic N) is 6. The summed E-state index contributed by atoms with van der Waals surface area (Å²) in [6, 6.07) is 6.90. The predicted octanol–water partition coefficient (Wildman–Crippen LogP) is 3.15. The maximum Gasteiger partial charge on any atom is 0.240 e. The lowest BCUT2D eigenvalue weighted by atomic mass is 9.78. The van der Waals surface area contributed by atoms with Gasteiger partial charge in [-0.15, -0.1) is 0 Å². The van der Waals surface area contributed by atoms with Crippen LogP contribution >= 0.6 is 11.6 Å². The van der Waals surface area contributed by atoms with Crippen LogP contribution in [0.15, 0.2) is 36.8 Å². The van der Waals surface area contributed by atoms with Gasteiger partial charge in [-0.2, -0.15) is 10.1 Å². The fourth-order valence-electron chi connectivity index (χ4n) is 3.92. The molecular weight excluding hydrogens is 418 g/mol. The van der Waals surface area contributed by atoms with Gasteiger partial charge in [-0.3, -0.25) is 4.79 Å². The zero-order valence-electron chi connectivity index (χ0n) is 16.8. The molecule has 9 nitrogen and oxygen atoms in total. The number of amides is 1. The number of carbonyl (C=O) groups is 1. The number of hydrogen-bond donors (Lipinski definition) is 2. The predicted molar refractivity (Wildman–Crippen MR) is 114 cm³/mol. The van der Waals surface area contributed by atoms with E-state index in [1.807, 2.05) is 6.92 Å². The third-order valence-electron chi connectivity index (χ3n) is 5.54. The van der Waals surface area contributed by atoms with Crippen LogP contribution in [0.2, 0.25) is 5.02 Å². The van der Waals surface area contributed by atoms with E-state index in [4.69, 9.17) is 11.6 Å². The molecule has 1 unspecified atom stereocenters. The maximum atomic E-state index is 13.0. The second-order valence-electron chi connectivity index (χ2n) is 7.53. The number of carbonyl (C=O) groups excluding carboxylic acids is 1. The fourth-order valence-corrected chi connectivity index (χ4v) is 4.05. The van der Waals surface area contributed by atoms with Gasteiger partial charge in [0.25, 0.3) is 0 Å². The Hall–Kier alpha value is -3.59. The van der Waals surface area contributed by atoms with E-state index in [0.717, 1.165) is 12.1 Å². The SMILES string of the molecule is CCCc1nc(-c2nc(O)c3c(n2)NC(=O)C3(C)c2ccc(Cl)cc2)cn2ncnc12. The summed E-state index contributed by atoms with van der Waals surface area (Å²) in [4.78, 5) is 30.6. The number of aromatic hydroxyl groups is 1. The Morgan fingerprint density at radius 1 is 1.19 bits per heavy atom. The van der Waals surface area contributed by atoms with E-state index in [2.05, 4.69) is 30.4 Å². The number of benzene rings is 1. The van der Waals surface area contributed by atoms with Crippen molar-refractivity contribution in [1.82, 2.24) is 29.5 Å². The van der Waals surface area contributed by atoms with Crippen molar-refractivity contribution >= 4 is 29.0 Å². The summed E-state index contributed by atoms with van der Waals surface area (Å²) in [5, 5.41) is 18.4. The number of aromatic nitrogens is 6. The summed E-state index contributed by atoms with van der Waals surface area (Å²) in [5.41, 5.74) is 1.69.